The fourth-order valence-corrected chi connectivity index (χ4v) is 1.32. The van der Waals surface area contributed by atoms with Gasteiger partial charge in [-0.05, 0) is 12.1 Å². The molecule has 1 heterocycles. The van der Waals surface area contributed by atoms with Crippen LogP contribution < -0.4 is 4.90 Å². The van der Waals surface area contributed by atoms with Crippen molar-refractivity contribution in [1.29, 1.82) is 0 Å². The number of rotatable bonds is 1. The molecule has 4 heteroatoms. The zero-order chi connectivity index (χ0) is 10.1. The molecule has 1 aromatic rings. The SMILES string of the molecule is O=C1CC=CN1c1ccc(O)c(F)c1. The number of carbonyl (C=O) groups excluding carboxylic acids is 1. The van der Waals surface area contributed by atoms with E-state index < -0.39 is 11.6 Å². The summed E-state index contributed by atoms with van der Waals surface area (Å²) in [6.07, 6.45) is 3.63. The van der Waals surface area contributed by atoms with Gasteiger partial charge in [0.05, 0.1) is 5.69 Å². The van der Waals surface area contributed by atoms with Crippen molar-refractivity contribution in [3.8, 4) is 5.75 Å². The van der Waals surface area contributed by atoms with E-state index in [0.29, 0.717) is 12.1 Å². The van der Waals surface area contributed by atoms with Gasteiger partial charge in [-0.3, -0.25) is 9.69 Å². The van der Waals surface area contributed by atoms with Crippen LogP contribution in [0.3, 0.4) is 0 Å². The molecule has 0 aliphatic carbocycles. The Kier molecular flexibility index (Phi) is 1.96. The van der Waals surface area contributed by atoms with Crippen molar-refractivity contribution < 1.29 is 14.3 Å². The Bertz CT molecular complexity index is 415. The maximum Gasteiger partial charge on any atom is 0.234 e. The summed E-state index contributed by atoms with van der Waals surface area (Å²) >= 11 is 0. The molecule has 0 saturated carbocycles. The normalized spacial score (nSPS) is 15.2. The number of anilines is 1. The number of carbonyl (C=O) groups is 1. The van der Waals surface area contributed by atoms with E-state index in [4.69, 9.17) is 5.11 Å². The van der Waals surface area contributed by atoms with E-state index in [1.807, 2.05) is 0 Å². The number of aromatic hydroxyl groups is 1. The number of hydrogen-bond acceptors (Lipinski definition) is 2. The number of phenols is 1. The third-order valence-electron chi connectivity index (χ3n) is 2.03. The number of amides is 1. The molecule has 0 radical (unpaired) electrons. The van der Waals surface area contributed by atoms with Crippen LogP contribution in [0.15, 0.2) is 30.5 Å². The van der Waals surface area contributed by atoms with E-state index in [0.717, 1.165) is 6.07 Å². The summed E-state index contributed by atoms with van der Waals surface area (Å²) in [5, 5.41) is 8.96. The van der Waals surface area contributed by atoms with E-state index >= 15 is 0 Å². The fraction of sp³-hybridized carbons (Fsp3) is 0.100. The summed E-state index contributed by atoms with van der Waals surface area (Å²) in [6, 6.07) is 3.85. The number of benzene rings is 1. The summed E-state index contributed by atoms with van der Waals surface area (Å²) in [4.78, 5) is 12.6. The van der Waals surface area contributed by atoms with Crippen LogP contribution in [-0.2, 0) is 4.79 Å². The minimum atomic E-state index is -0.726. The molecule has 2 rings (SSSR count). The van der Waals surface area contributed by atoms with Gasteiger partial charge in [0, 0.05) is 18.7 Å². The first-order chi connectivity index (χ1) is 6.68. The predicted molar refractivity (Wildman–Crippen MR) is 49.3 cm³/mol. The molecule has 0 unspecified atom stereocenters. The van der Waals surface area contributed by atoms with Crippen LogP contribution in [0.1, 0.15) is 6.42 Å². The van der Waals surface area contributed by atoms with E-state index in [9.17, 15) is 9.18 Å². The number of hydrogen-bond donors (Lipinski definition) is 1. The first-order valence-electron chi connectivity index (χ1n) is 4.16. The van der Waals surface area contributed by atoms with Crippen LogP contribution in [0, 0.1) is 5.82 Å². The van der Waals surface area contributed by atoms with Crippen molar-refractivity contribution in [1.82, 2.24) is 0 Å². The van der Waals surface area contributed by atoms with Gasteiger partial charge in [-0.2, -0.15) is 0 Å². The van der Waals surface area contributed by atoms with E-state index in [1.54, 1.807) is 12.3 Å². The second-order valence-corrected chi connectivity index (χ2v) is 2.99. The average Bonchev–Trinajstić information content (AvgIpc) is 2.57. The molecule has 0 aromatic heterocycles. The molecule has 1 aromatic carbocycles. The lowest BCUT2D eigenvalue weighted by molar-refractivity contribution is -0.116. The van der Waals surface area contributed by atoms with Crippen LogP contribution >= 0.6 is 0 Å². The highest BCUT2D eigenvalue weighted by Gasteiger charge is 2.17. The van der Waals surface area contributed by atoms with Gasteiger partial charge in [-0.25, -0.2) is 4.39 Å². The Morgan fingerprint density at radius 1 is 1.43 bits per heavy atom. The number of phenolic OH excluding ortho intramolecular Hbond substituents is 1. The minimum Gasteiger partial charge on any atom is -0.505 e. The molecule has 0 fully saturated rings. The molecule has 1 aliphatic heterocycles. The number of halogens is 1. The monoisotopic (exact) mass is 193 g/mol. The van der Waals surface area contributed by atoms with Crippen LogP contribution in [0.4, 0.5) is 10.1 Å². The van der Waals surface area contributed by atoms with Gasteiger partial charge in [-0.1, -0.05) is 6.08 Å². The molecular weight excluding hydrogens is 185 g/mol. The Balaban J connectivity index is 2.37. The topological polar surface area (TPSA) is 40.5 Å². The average molecular weight is 193 g/mol. The first-order valence-corrected chi connectivity index (χ1v) is 4.16. The smallest absolute Gasteiger partial charge is 0.234 e. The van der Waals surface area contributed by atoms with Gasteiger partial charge in [-0.15, -0.1) is 0 Å². The standard InChI is InChI=1S/C10H8FNO2/c11-8-6-7(3-4-9(8)13)12-5-1-2-10(12)14/h1,3-6,13H,2H2. The zero-order valence-electron chi connectivity index (χ0n) is 7.27. The maximum atomic E-state index is 12.9. The van der Waals surface area contributed by atoms with Gasteiger partial charge >= 0.3 is 0 Å². The van der Waals surface area contributed by atoms with Gasteiger partial charge in [0.25, 0.3) is 0 Å². The number of nitrogens with zero attached hydrogens (tertiary/aromatic N) is 1. The highest BCUT2D eigenvalue weighted by molar-refractivity contribution is 5.98. The summed E-state index contributed by atoms with van der Waals surface area (Å²) in [5.74, 6) is -1.24. The molecular formula is C10H8FNO2. The lowest BCUT2D eigenvalue weighted by Gasteiger charge is -2.13. The molecule has 72 valence electrons. The summed E-state index contributed by atoms with van der Waals surface area (Å²) in [6.45, 7) is 0. The molecule has 0 atom stereocenters. The van der Waals surface area contributed by atoms with Gasteiger partial charge in [0.2, 0.25) is 5.91 Å². The lowest BCUT2D eigenvalue weighted by Crippen LogP contribution is -2.19. The quantitative estimate of drug-likeness (QED) is 0.738. The lowest BCUT2D eigenvalue weighted by atomic mass is 10.2. The molecule has 0 spiro atoms. The fourth-order valence-electron chi connectivity index (χ4n) is 1.32. The van der Waals surface area contributed by atoms with Gasteiger partial charge in [0.1, 0.15) is 0 Å². The van der Waals surface area contributed by atoms with Crippen LogP contribution in [0.2, 0.25) is 0 Å². The molecule has 1 aliphatic rings. The molecule has 3 nitrogen and oxygen atoms in total. The van der Waals surface area contributed by atoms with E-state index in [2.05, 4.69) is 0 Å². The third kappa shape index (κ3) is 1.35. The van der Waals surface area contributed by atoms with Crippen molar-refractivity contribution in [2.45, 2.75) is 6.42 Å². The Morgan fingerprint density at radius 3 is 2.79 bits per heavy atom. The molecule has 1 N–H and O–H groups in total. The zero-order valence-corrected chi connectivity index (χ0v) is 7.27. The van der Waals surface area contributed by atoms with E-state index in [-0.39, 0.29) is 5.91 Å². The highest BCUT2D eigenvalue weighted by atomic mass is 19.1. The van der Waals surface area contributed by atoms with Crippen molar-refractivity contribution in [2.24, 2.45) is 0 Å². The Morgan fingerprint density at radius 2 is 2.21 bits per heavy atom. The largest absolute Gasteiger partial charge is 0.505 e. The van der Waals surface area contributed by atoms with Crippen molar-refractivity contribution >= 4 is 11.6 Å². The Labute approximate surface area is 80.1 Å². The van der Waals surface area contributed by atoms with E-state index in [1.165, 1.54) is 17.0 Å². The van der Waals surface area contributed by atoms with Gasteiger partial charge < -0.3 is 5.11 Å². The minimum absolute atomic E-state index is 0.102. The van der Waals surface area contributed by atoms with Crippen molar-refractivity contribution in [2.75, 3.05) is 4.90 Å². The van der Waals surface area contributed by atoms with Gasteiger partial charge in [0.15, 0.2) is 11.6 Å². The highest BCUT2D eigenvalue weighted by Crippen LogP contribution is 2.25. The maximum absolute atomic E-state index is 12.9. The Hall–Kier alpha value is -1.84. The van der Waals surface area contributed by atoms with Crippen LogP contribution in [0.25, 0.3) is 0 Å². The molecule has 14 heavy (non-hydrogen) atoms. The predicted octanol–water partition coefficient (Wildman–Crippen LogP) is 1.78. The third-order valence-corrected chi connectivity index (χ3v) is 2.03. The summed E-state index contributed by atoms with van der Waals surface area (Å²) in [7, 11) is 0. The first kappa shape index (κ1) is 8.74. The summed E-state index contributed by atoms with van der Waals surface area (Å²) < 4.78 is 12.9. The summed E-state index contributed by atoms with van der Waals surface area (Å²) in [5.41, 5.74) is 0.430. The second-order valence-electron chi connectivity index (χ2n) is 2.99. The van der Waals surface area contributed by atoms with Crippen molar-refractivity contribution in [3.05, 3.63) is 36.3 Å². The molecule has 0 bridgehead atoms. The molecule has 1 amide bonds. The molecule has 0 saturated heterocycles. The van der Waals surface area contributed by atoms with Crippen LogP contribution in [0.5, 0.6) is 5.75 Å². The van der Waals surface area contributed by atoms with Crippen molar-refractivity contribution in [3.63, 3.8) is 0 Å². The second kappa shape index (κ2) is 3.14. The van der Waals surface area contributed by atoms with Crippen LogP contribution in [-0.4, -0.2) is 11.0 Å².